The quantitative estimate of drug-likeness (QED) is 0.880. The number of rotatable bonds is 5. The van der Waals surface area contributed by atoms with E-state index in [9.17, 15) is 13.2 Å². The first-order chi connectivity index (χ1) is 11.1. The highest BCUT2D eigenvalue weighted by molar-refractivity contribution is 7.89. The first-order valence-corrected chi connectivity index (χ1v) is 9.51. The van der Waals surface area contributed by atoms with Gasteiger partial charge >= 0.3 is 0 Å². The number of amides is 1. The highest BCUT2D eigenvalue weighted by Gasteiger charge is 2.27. The molecular weight excluding hydrogens is 316 g/mol. The molecule has 1 aromatic carbocycles. The Morgan fingerprint density at radius 2 is 1.87 bits per heavy atom. The zero-order chi connectivity index (χ0) is 16.3. The van der Waals surface area contributed by atoms with E-state index in [0.29, 0.717) is 25.2 Å². The normalized spacial score (nSPS) is 22.3. The summed E-state index contributed by atoms with van der Waals surface area (Å²) < 4.78 is 31.8. The van der Waals surface area contributed by atoms with Crippen LogP contribution in [0.1, 0.15) is 36.0 Å². The Labute approximate surface area is 136 Å². The van der Waals surface area contributed by atoms with Crippen molar-refractivity contribution in [3.05, 3.63) is 29.8 Å². The molecule has 0 aromatic heterocycles. The molecule has 1 aromatic rings. The maximum Gasteiger partial charge on any atom is 0.251 e. The van der Waals surface area contributed by atoms with Crippen LogP contribution in [0.15, 0.2) is 29.2 Å². The van der Waals surface area contributed by atoms with E-state index in [4.69, 9.17) is 4.74 Å². The molecule has 23 heavy (non-hydrogen) atoms. The first kappa shape index (κ1) is 16.4. The zero-order valence-corrected chi connectivity index (χ0v) is 13.8. The topological polar surface area (TPSA) is 75.7 Å². The third kappa shape index (κ3) is 3.73. The molecule has 1 amide bonds. The number of nitrogens with zero attached hydrogens (tertiary/aromatic N) is 1. The molecule has 126 valence electrons. The molecule has 0 bridgehead atoms. The van der Waals surface area contributed by atoms with Crippen LogP contribution >= 0.6 is 0 Å². The van der Waals surface area contributed by atoms with Gasteiger partial charge in [0.1, 0.15) is 0 Å². The van der Waals surface area contributed by atoms with Crippen LogP contribution in [0.25, 0.3) is 0 Å². The number of carbonyl (C=O) groups excluding carboxylic acids is 1. The van der Waals surface area contributed by atoms with Crippen LogP contribution in [0.4, 0.5) is 0 Å². The molecular formula is C16H22N2O4S. The molecule has 0 saturated carbocycles. The molecule has 1 atom stereocenters. The minimum absolute atomic E-state index is 0.0915. The van der Waals surface area contributed by atoms with Gasteiger partial charge in [0.25, 0.3) is 5.91 Å². The van der Waals surface area contributed by atoms with Crippen molar-refractivity contribution in [1.82, 2.24) is 9.62 Å². The lowest BCUT2D eigenvalue weighted by molar-refractivity contribution is 0.0857. The van der Waals surface area contributed by atoms with E-state index < -0.39 is 10.0 Å². The summed E-state index contributed by atoms with van der Waals surface area (Å²) >= 11 is 0. The molecule has 2 aliphatic rings. The van der Waals surface area contributed by atoms with Crippen LogP contribution in [0.2, 0.25) is 0 Å². The van der Waals surface area contributed by atoms with E-state index in [-0.39, 0.29) is 16.9 Å². The number of hydrogen-bond acceptors (Lipinski definition) is 4. The Balaban J connectivity index is 1.63. The van der Waals surface area contributed by atoms with Gasteiger partial charge in [-0.15, -0.1) is 0 Å². The number of nitrogens with one attached hydrogen (secondary N) is 1. The van der Waals surface area contributed by atoms with Crippen LogP contribution in [0.3, 0.4) is 0 Å². The molecule has 7 heteroatoms. The van der Waals surface area contributed by atoms with Crippen LogP contribution in [0, 0.1) is 0 Å². The van der Waals surface area contributed by atoms with E-state index in [2.05, 4.69) is 5.32 Å². The van der Waals surface area contributed by atoms with Gasteiger partial charge in [-0.2, -0.15) is 4.31 Å². The van der Waals surface area contributed by atoms with Crippen molar-refractivity contribution in [1.29, 1.82) is 0 Å². The van der Waals surface area contributed by atoms with Gasteiger partial charge in [-0.1, -0.05) is 0 Å². The monoisotopic (exact) mass is 338 g/mol. The average Bonchev–Trinajstić information content (AvgIpc) is 3.26. The molecule has 0 unspecified atom stereocenters. The van der Waals surface area contributed by atoms with Gasteiger partial charge < -0.3 is 10.1 Å². The number of benzene rings is 1. The summed E-state index contributed by atoms with van der Waals surface area (Å²) in [5, 5.41) is 2.83. The second-order valence-corrected chi connectivity index (χ2v) is 7.92. The van der Waals surface area contributed by atoms with Crippen molar-refractivity contribution in [2.75, 3.05) is 26.2 Å². The summed E-state index contributed by atoms with van der Waals surface area (Å²) in [6, 6.07) is 6.14. The summed E-state index contributed by atoms with van der Waals surface area (Å²) in [7, 11) is -3.42. The fourth-order valence-corrected chi connectivity index (χ4v) is 4.49. The third-order valence-electron chi connectivity index (χ3n) is 4.33. The van der Waals surface area contributed by atoms with Crippen LogP contribution in [0.5, 0.6) is 0 Å². The molecule has 0 radical (unpaired) electrons. The highest BCUT2D eigenvalue weighted by atomic mass is 32.2. The van der Waals surface area contributed by atoms with Gasteiger partial charge in [0.15, 0.2) is 0 Å². The van der Waals surface area contributed by atoms with Gasteiger partial charge in [-0.05, 0) is 49.9 Å². The minimum Gasteiger partial charge on any atom is -0.376 e. The van der Waals surface area contributed by atoms with Crippen molar-refractivity contribution in [2.24, 2.45) is 0 Å². The van der Waals surface area contributed by atoms with Gasteiger partial charge in [-0.25, -0.2) is 8.42 Å². The summed E-state index contributed by atoms with van der Waals surface area (Å²) in [5.74, 6) is -0.203. The predicted molar refractivity (Wildman–Crippen MR) is 85.7 cm³/mol. The molecule has 0 spiro atoms. The van der Waals surface area contributed by atoms with Crippen molar-refractivity contribution in [3.8, 4) is 0 Å². The highest BCUT2D eigenvalue weighted by Crippen LogP contribution is 2.21. The largest absolute Gasteiger partial charge is 0.376 e. The van der Waals surface area contributed by atoms with Crippen molar-refractivity contribution < 1.29 is 17.9 Å². The molecule has 0 aliphatic carbocycles. The van der Waals surface area contributed by atoms with E-state index in [1.54, 1.807) is 12.1 Å². The lowest BCUT2D eigenvalue weighted by Crippen LogP contribution is -2.32. The lowest BCUT2D eigenvalue weighted by atomic mass is 10.2. The molecule has 6 nitrogen and oxygen atoms in total. The first-order valence-electron chi connectivity index (χ1n) is 8.07. The van der Waals surface area contributed by atoms with Crippen LogP contribution < -0.4 is 5.32 Å². The standard InChI is InChI=1S/C16H22N2O4S/c19-16(17-12-14-4-3-11-22-14)13-5-7-15(8-6-13)23(20,21)18-9-1-2-10-18/h5-8,14H,1-4,9-12H2,(H,17,19)/t14-/m0/s1. The molecule has 3 rings (SSSR count). The second kappa shape index (κ2) is 6.98. The summed E-state index contributed by atoms with van der Waals surface area (Å²) in [4.78, 5) is 12.3. The van der Waals surface area contributed by atoms with Gasteiger partial charge in [0, 0.05) is 31.8 Å². The predicted octanol–water partition coefficient (Wildman–Crippen LogP) is 1.38. The minimum atomic E-state index is -3.42. The summed E-state index contributed by atoms with van der Waals surface area (Å²) in [5.41, 5.74) is 0.461. The zero-order valence-electron chi connectivity index (χ0n) is 13.0. The van der Waals surface area contributed by atoms with Gasteiger partial charge in [-0.3, -0.25) is 4.79 Å². The Kier molecular flexibility index (Phi) is 4.99. The molecule has 1 N–H and O–H groups in total. The third-order valence-corrected chi connectivity index (χ3v) is 6.25. The number of sulfonamides is 1. The van der Waals surface area contributed by atoms with Gasteiger partial charge in [0.05, 0.1) is 11.0 Å². The number of ether oxygens (including phenoxy) is 1. The van der Waals surface area contributed by atoms with E-state index in [1.807, 2.05) is 0 Å². The fraction of sp³-hybridized carbons (Fsp3) is 0.562. The average molecular weight is 338 g/mol. The maximum absolute atomic E-state index is 12.4. The van der Waals surface area contributed by atoms with E-state index >= 15 is 0 Å². The lowest BCUT2D eigenvalue weighted by Gasteiger charge is -2.15. The summed E-state index contributed by atoms with van der Waals surface area (Å²) in [6.07, 6.45) is 3.90. The Morgan fingerprint density at radius 1 is 1.17 bits per heavy atom. The Hall–Kier alpha value is -1.44. The van der Waals surface area contributed by atoms with Gasteiger partial charge in [0.2, 0.25) is 10.0 Å². The molecule has 2 heterocycles. The smallest absolute Gasteiger partial charge is 0.251 e. The molecule has 2 fully saturated rings. The van der Waals surface area contributed by atoms with E-state index in [0.717, 1.165) is 32.3 Å². The maximum atomic E-state index is 12.4. The van der Waals surface area contributed by atoms with Crippen molar-refractivity contribution in [3.63, 3.8) is 0 Å². The Morgan fingerprint density at radius 3 is 2.48 bits per heavy atom. The van der Waals surface area contributed by atoms with E-state index in [1.165, 1.54) is 16.4 Å². The van der Waals surface area contributed by atoms with Crippen molar-refractivity contribution >= 4 is 15.9 Å². The van der Waals surface area contributed by atoms with Crippen LogP contribution in [-0.4, -0.2) is 51.0 Å². The molecule has 2 aliphatic heterocycles. The Bertz CT molecular complexity index is 645. The second-order valence-electron chi connectivity index (χ2n) is 5.98. The fourth-order valence-electron chi connectivity index (χ4n) is 2.97. The summed E-state index contributed by atoms with van der Waals surface area (Å²) in [6.45, 7) is 2.40. The molecule has 2 saturated heterocycles. The number of carbonyl (C=O) groups is 1. The van der Waals surface area contributed by atoms with Crippen molar-refractivity contribution in [2.45, 2.75) is 36.7 Å². The SMILES string of the molecule is O=C(NC[C@@H]1CCCO1)c1ccc(S(=O)(=O)N2CCCC2)cc1. The number of hydrogen-bond donors (Lipinski definition) is 1. The van der Waals surface area contributed by atoms with Crippen LogP contribution in [-0.2, 0) is 14.8 Å².